The van der Waals surface area contributed by atoms with Gasteiger partial charge in [0, 0.05) is 5.69 Å². The van der Waals surface area contributed by atoms with Crippen LogP contribution in [0.1, 0.15) is 11.4 Å². The zero-order valence-corrected chi connectivity index (χ0v) is 7.88. The van der Waals surface area contributed by atoms with Crippen molar-refractivity contribution >= 4 is 17.2 Å². The van der Waals surface area contributed by atoms with Crippen molar-refractivity contribution in [3.8, 4) is 0 Å². The number of hydrogen-bond donors (Lipinski definition) is 1. The topological polar surface area (TPSA) is 63.0 Å². The summed E-state index contributed by atoms with van der Waals surface area (Å²) in [6, 6.07) is 0. The average Bonchev–Trinajstić information content (AvgIpc) is 2.44. The largest absolute Gasteiger partial charge is 0.348 e. The van der Waals surface area contributed by atoms with E-state index >= 15 is 0 Å². The van der Waals surface area contributed by atoms with Crippen LogP contribution in [0.2, 0.25) is 5.15 Å². The SMILES string of the molecule is Cc1nc(Cl)c2n[nH]c(=O)n2c1C. The van der Waals surface area contributed by atoms with Crippen molar-refractivity contribution < 1.29 is 0 Å². The predicted molar refractivity (Wildman–Crippen MR) is 48.1 cm³/mol. The highest BCUT2D eigenvalue weighted by Gasteiger charge is 2.10. The van der Waals surface area contributed by atoms with Crippen LogP contribution in [0.15, 0.2) is 4.79 Å². The minimum absolute atomic E-state index is 0.237. The molecule has 0 aliphatic rings. The van der Waals surface area contributed by atoms with Crippen LogP contribution in [-0.2, 0) is 0 Å². The molecule has 0 saturated carbocycles. The van der Waals surface area contributed by atoms with Crippen LogP contribution in [0.4, 0.5) is 0 Å². The minimum atomic E-state index is -0.292. The van der Waals surface area contributed by atoms with Gasteiger partial charge in [0.2, 0.25) is 0 Å². The fourth-order valence-corrected chi connectivity index (χ4v) is 1.44. The molecule has 2 aromatic rings. The second kappa shape index (κ2) is 2.56. The Balaban J connectivity index is 3.09. The molecule has 2 aromatic heterocycles. The molecule has 0 spiro atoms. The van der Waals surface area contributed by atoms with Gasteiger partial charge in [-0.1, -0.05) is 11.6 Å². The van der Waals surface area contributed by atoms with Gasteiger partial charge in [0.25, 0.3) is 0 Å². The summed E-state index contributed by atoms with van der Waals surface area (Å²) >= 11 is 5.79. The second-order valence-electron chi connectivity index (χ2n) is 2.76. The van der Waals surface area contributed by atoms with Crippen molar-refractivity contribution in [1.29, 1.82) is 0 Å². The summed E-state index contributed by atoms with van der Waals surface area (Å²) in [4.78, 5) is 15.3. The first-order valence-electron chi connectivity index (χ1n) is 3.71. The summed E-state index contributed by atoms with van der Waals surface area (Å²) in [5.74, 6) is 0. The molecule has 0 aromatic carbocycles. The van der Waals surface area contributed by atoms with Gasteiger partial charge in [-0.15, -0.1) is 5.10 Å². The van der Waals surface area contributed by atoms with Crippen molar-refractivity contribution in [2.75, 3.05) is 0 Å². The maximum atomic E-state index is 11.3. The van der Waals surface area contributed by atoms with Gasteiger partial charge in [0.05, 0.1) is 5.69 Å². The molecule has 2 heterocycles. The zero-order valence-electron chi connectivity index (χ0n) is 7.13. The molecule has 2 rings (SSSR count). The van der Waals surface area contributed by atoms with E-state index in [1.165, 1.54) is 4.40 Å². The van der Waals surface area contributed by atoms with Crippen LogP contribution in [0, 0.1) is 13.8 Å². The number of rotatable bonds is 0. The van der Waals surface area contributed by atoms with Gasteiger partial charge >= 0.3 is 5.69 Å². The quantitative estimate of drug-likeness (QED) is 0.678. The number of H-pyrrole nitrogens is 1. The molecule has 0 atom stereocenters. The molecular weight excluding hydrogens is 192 g/mol. The van der Waals surface area contributed by atoms with E-state index < -0.39 is 0 Å². The van der Waals surface area contributed by atoms with E-state index in [4.69, 9.17) is 11.6 Å². The molecule has 0 aliphatic carbocycles. The summed E-state index contributed by atoms with van der Waals surface area (Å²) in [6.45, 7) is 3.59. The monoisotopic (exact) mass is 198 g/mol. The molecular formula is C7H7ClN4O. The zero-order chi connectivity index (χ0) is 9.59. The average molecular weight is 199 g/mol. The summed E-state index contributed by atoms with van der Waals surface area (Å²) < 4.78 is 1.41. The fourth-order valence-electron chi connectivity index (χ4n) is 1.19. The first-order valence-corrected chi connectivity index (χ1v) is 4.09. The van der Waals surface area contributed by atoms with Crippen LogP contribution in [0.25, 0.3) is 5.65 Å². The number of hydrogen-bond acceptors (Lipinski definition) is 3. The van der Waals surface area contributed by atoms with Crippen LogP contribution in [-0.4, -0.2) is 19.6 Å². The molecule has 68 valence electrons. The van der Waals surface area contributed by atoms with Crippen molar-refractivity contribution in [2.45, 2.75) is 13.8 Å². The number of nitrogens with zero attached hydrogens (tertiary/aromatic N) is 3. The van der Waals surface area contributed by atoms with Gasteiger partial charge in [0.1, 0.15) is 0 Å². The van der Waals surface area contributed by atoms with Gasteiger partial charge < -0.3 is 0 Å². The van der Waals surface area contributed by atoms with Gasteiger partial charge in [-0.25, -0.2) is 19.3 Å². The molecule has 6 heteroatoms. The Morgan fingerprint density at radius 2 is 2.15 bits per heavy atom. The standard InChI is InChI=1S/C7H7ClN4O/c1-3-4(2)12-6(5(8)9-3)10-11-7(12)13/h1-2H3,(H,11,13). The Labute approximate surface area is 78.4 Å². The molecule has 0 fully saturated rings. The molecule has 13 heavy (non-hydrogen) atoms. The Bertz CT molecular complexity index is 527. The van der Waals surface area contributed by atoms with Crippen molar-refractivity contribution in [3.05, 3.63) is 27.0 Å². The summed E-state index contributed by atoms with van der Waals surface area (Å²) in [7, 11) is 0. The van der Waals surface area contributed by atoms with E-state index in [-0.39, 0.29) is 10.8 Å². The predicted octanol–water partition coefficient (Wildman–Crippen LogP) is 0.688. The molecule has 0 radical (unpaired) electrons. The number of halogens is 1. The third-order valence-electron chi connectivity index (χ3n) is 1.98. The summed E-state index contributed by atoms with van der Waals surface area (Å²) in [5.41, 5.74) is 1.55. The Hall–Kier alpha value is -1.36. The maximum Gasteiger partial charge on any atom is 0.348 e. The normalized spacial score (nSPS) is 11.0. The Morgan fingerprint density at radius 3 is 2.85 bits per heavy atom. The van der Waals surface area contributed by atoms with Crippen LogP contribution >= 0.6 is 11.6 Å². The first kappa shape index (κ1) is 8.25. The number of nitrogens with one attached hydrogen (secondary N) is 1. The maximum absolute atomic E-state index is 11.3. The lowest BCUT2D eigenvalue weighted by atomic mass is 10.3. The minimum Gasteiger partial charge on any atom is -0.246 e. The van der Waals surface area contributed by atoms with Gasteiger partial charge in [0.15, 0.2) is 10.8 Å². The van der Waals surface area contributed by atoms with Crippen LogP contribution < -0.4 is 5.69 Å². The van der Waals surface area contributed by atoms with Crippen LogP contribution in [0.3, 0.4) is 0 Å². The first-order chi connectivity index (χ1) is 6.11. The molecule has 0 amide bonds. The Kier molecular flexibility index (Phi) is 1.63. The highest BCUT2D eigenvalue weighted by Crippen LogP contribution is 2.13. The lowest BCUT2D eigenvalue weighted by Gasteiger charge is -2.01. The van der Waals surface area contributed by atoms with Gasteiger partial charge in [-0.2, -0.15) is 0 Å². The van der Waals surface area contributed by atoms with E-state index in [2.05, 4.69) is 15.2 Å². The van der Waals surface area contributed by atoms with E-state index in [9.17, 15) is 4.79 Å². The molecule has 0 aliphatic heterocycles. The number of aromatic nitrogens is 4. The smallest absolute Gasteiger partial charge is 0.246 e. The van der Waals surface area contributed by atoms with Crippen molar-refractivity contribution in [3.63, 3.8) is 0 Å². The van der Waals surface area contributed by atoms with E-state index in [1.54, 1.807) is 13.8 Å². The van der Waals surface area contributed by atoms with E-state index in [1.807, 2.05) is 0 Å². The lowest BCUT2D eigenvalue weighted by Crippen LogP contribution is -2.13. The second-order valence-corrected chi connectivity index (χ2v) is 3.12. The third kappa shape index (κ3) is 1.04. The van der Waals surface area contributed by atoms with Gasteiger partial charge in [-0.3, -0.25) is 0 Å². The lowest BCUT2D eigenvalue weighted by molar-refractivity contribution is 0.951. The van der Waals surface area contributed by atoms with Crippen LogP contribution in [0.5, 0.6) is 0 Å². The fraction of sp³-hybridized carbons (Fsp3) is 0.286. The highest BCUT2D eigenvalue weighted by atomic mass is 35.5. The van der Waals surface area contributed by atoms with Gasteiger partial charge in [-0.05, 0) is 13.8 Å². The molecule has 1 N–H and O–H groups in total. The number of aromatic amines is 1. The Morgan fingerprint density at radius 1 is 1.46 bits per heavy atom. The number of aryl methyl sites for hydroxylation is 2. The number of fused-ring (bicyclic) bond motifs is 1. The highest BCUT2D eigenvalue weighted by molar-refractivity contribution is 6.32. The van der Waals surface area contributed by atoms with E-state index in [0.717, 1.165) is 11.4 Å². The molecule has 0 unspecified atom stereocenters. The van der Waals surface area contributed by atoms with Crippen molar-refractivity contribution in [1.82, 2.24) is 19.6 Å². The van der Waals surface area contributed by atoms with E-state index in [0.29, 0.717) is 5.65 Å². The summed E-state index contributed by atoms with van der Waals surface area (Å²) in [6.07, 6.45) is 0. The summed E-state index contributed by atoms with van der Waals surface area (Å²) in [5, 5.41) is 6.31. The third-order valence-corrected chi connectivity index (χ3v) is 2.24. The molecule has 0 saturated heterocycles. The molecule has 5 nitrogen and oxygen atoms in total. The van der Waals surface area contributed by atoms with Crippen molar-refractivity contribution in [2.24, 2.45) is 0 Å². The molecule has 0 bridgehead atoms.